The summed E-state index contributed by atoms with van der Waals surface area (Å²) in [4.78, 5) is 40.2. The maximum atomic E-state index is 13.4. The van der Waals surface area contributed by atoms with E-state index < -0.39 is 12.1 Å². The molecule has 7 nitrogen and oxygen atoms in total. The summed E-state index contributed by atoms with van der Waals surface area (Å²) in [5.41, 5.74) is 5.32. The van der Waals surface area contributed by atoms with Crippen LogP contribution in [-0.4, -0.2) is 47.4 Å². The number of amides is 4. The van der Waals surface area contributed by atoms with E-state index in [1.807, 2.05) is 38.1 Å². The van der Waals surface area contributed by atoms with Crippen LogP contribution in [0.4, 0.5) is 10.5 Å². The van der Waals surface area contributed by atoms with Crippen molar-refractivity contribution >= 4 is 23.5 Å². The third-order valence-electron chi connectivity index (χ3n) is 6.09. The third-order valence-corrected chi connectivity index (χ3v) is 6.09. The second kappa shape index (κ2) is 8.06. The van der Waals surface area contributed by atoms with E-state index in [0.29, 0.717) is 24.2 Å². The van der Waals surface area contributed by atoms with E-state index in [2.05, 4.69) is 35.9 Å². The fraction of sp³-hybridized carbons (Fsp3) is 0.375. The number of urea groups is 1. The Morgan fingerprint density at radius 1 is 1.13 bits per heavy atom. The van der Waals surface area contributed by atoms with Crippen LogP contribution in [0.5, 0.6) is 0 Å². The molecule has 162 valence electrons. The summed E-state index contributed by atoms with van der Waals surface area (Å²) in [7, 11) is 0. The lowest BCUT2D eigenvalue weighted by Crippen LogP contribution is -2.54. The van der Waals surface area contributed by atoms with Crippen LogP contribution in [0.15, 0.2) is 36.4 Å². The van der Waals surface area contributed by atoms with Gasteiger partial charge in [-0.25, -0.2) is 4.79 Å². The van der Waals surface area contributed by atoms with Gasteiger partial charge in [0.05, 0.1) is 17.3 Å². The first-order valence-electron chi connectivity index (χ1n) is 10.7. The molecule has 0 bridgehead atoms. The highest BCUT2D eigenvalue weighted by atomic mass is 16.2. The Kier molecular flexibility index (Phi) is 5.43. The van der Waals surface area contributed by atoms with Crippen LogP contribution in [0.25, 0.3) is 11.1 Å². The number of hydrogen-bond acceptors (Lipinski definition) is 3. The summed E-state index contributed by atoms with van der Waals surface area (Å²) >= 11 is 0. The fourth-order valence-electron chi connectivity index (χ4n) is 4.39. The predicted molar refractivity (Wildman–Crippen MR) is 120 cm³/mol. The Labute approximate surface area is 182 Å². The lowest BCUT2D eigenvalue weighted by Gasteiger charge is -2.25. The number of aryl methyl sites for hydroxylation is 1. The van der Waals surface area contributed by atoms with Crippen LogP contribution in [0.3, 0.4) is 0 Å². The molecule has 0 radical (unpaired) electrons. The fourth-order valence-corrected chi connectivity index (χ4v) is 4.39. The topological polar surface area (TPSA) is 90.5 Å². The molecule has 1 saturated heterocycles. The number of benzene rings is 2. The predicted octanol–water partition coefficient (Wildman–Crippen LogP) is 3.21. The summed E-state index contributed by atoms with van der Waals surface area (Å²) in [6, 6.07) is 10.2. The molecule has 0 spiro atoms. The van der Waals surface area contributed by atoms with E-state index in [1.165, 1.54) is 5.56 Å². The average Bonchev–Trinajstić information content (AvgIpc) is 3.08. The van der Waals surface area contributed by atoms with Crippen molar-refractivity contribution in [2.45, 2.75) is 52.2 Å². The van der Waals surface area contributed by atoms with Crippen molar-refractivity contribution in [1.82, 2.24) is 15.5 Å². The van der Waals surface area contributed by atoms with Crippen molar-refractivity contribution in [3.8, 4) is 11.1 Å². The van der Waals surface area contributed by atoms with Gasteiger partial charge in [-0.2, -0.15) is 0 Å². The number of nitrogens with one attached hydrogen (secondary N) is 3. The van der Waals surface area contributed by atoms with Crippen LogP contribution in [0.1, 0.15) is 41.8 Å². The SMILES string of the molecule is Cc1cccc(-c2ccc3c(c2)C(=O)N2CCC(NC(=O)NC(C)C)C2C(=O)N3)c1C. The van der Waals surface area contributed by atoms with Crippen LogP contribution >= 0.6 is 0 Å². The van der Waals surface area contributed by atoms with Crippen LogP contribution in [0.2, 0.25) is 0 Å². The number of nitrogens with zero attached hydrogens (tertiary/aromatic N) is 1. The Hall–Kier alpha value is -3.35. The van der Waals surface area contributed by atoms with Gasteiger partial charge in [0.25, 0.3) is 5.91 Å². The number of carbonyl (C=O) groups is 3. The van der Waals surface area contributed by atoms with Gasteiger partial charge >= 0.3 is 6.03 Å². The van der Waals surface area contributed by atoms with Gasteiger partial charge in [0, 0.05) is 12.6 Å². The maximum absolute atomic E-state index is 13.4. The van der Waals surface area contributed by atoms with Crippen molar-refractivity contribution in [3.63, 3.8) is 0 Å². The molecule has 0 aliphatic carbocycles. The van der Waals surface area contributed by atoms with Crippen molar-refractivity contribution in [1.29, 1.82) is 0 Å². The molecule has 7 heteroatoms. The third kappa shape index (κ3) is 3.87. The van der Waals surface area contributed by atoms with Crippen LogP contribution < -0.4 is 16.0 Å². The van der Waals surface area contributed by atoms with E-state index in [1.54, 1.807) is 11.0 Å². The molecule has 2 heterocycles. The van der Waals surface area contributed by atoms with E-state index >= 15 is 0 Å². The molecule has 2 aromatic rings. The van der Waals surface area contributed by atoms with Gasteiger partial charge in [0.2, 0.25) is 5.91 Å². The van der Waals surface area contributed by atoms with Gasteiger partial charge in [-0.15, -0.1) is 0 Å². The van der Waals surface area contributed by atoms with Gasteiger partial charge in [0.15, 0.2) is 0 Å². The van der Waals surface area contributed by atoms with Gasteiger partial charge in [-0.1, -0.05) is 24.3 Å². The average molecular weight is 421 g/mol. The Morgan fingerprint density at radius 2 is 1.90 bits per heavy atom. The maximum Gasteiger partial charge on any atom is 0.315 e. The highest BCUT2D eigenvalue weighted by Gasteiger charge is 2.45. The molecular formula is C24H28N4O3. The molecule has 2 unspecified atom stereocenters. The van der Waals surface area contributed by atoms with Gasteiger partial charge in [-0.05, 0) is 68.5 Å². The molecule has 2 aromatic carbocycles. The van der Waals surface area contributed by atoms with E-state index in [-0.39, 0.29) is 23.9 Å². The summed E-state index contributed by atoms with van der Waals surface area (Å²) < 4.78 is 0. The second-order valence-corrected chi connectivity index (χ2v) is 8.61. The van der Waals surface area contributed by atoms with Crippen molar-refractivity contribution < 1.29 is 14.4 Å². The van der Waals surface area contributed by atoms with E-state index in [4.69, 9.17) is 0 Å². The normalized spacial score (nSPS) is 20.1. The lowest BCUT2D eigenvalue weighted by atomic mass is 9.95. The number of rotatable bonds is 3. The van der Waals surface area contributed by atoms with Gasteiger partial charge in [0.1, 0.15) is 6.04 Å². The zero-order chi connectivity index (χ0) is 22.3. The molecule has 1 fully saturated rings. The largest absolute Gasteiger partial charge is 0.336 e. The molecule has 2 aliphatic rings. The molecule has 0 saturated carbocycles. The van der Waals surface area contributed by atoms with Crippen LogP contribution in [-0.2, 0) is 4.79 Å². The zero-order valence-electron chi connectivity index (χ0n) is 18.3. The minimum atomic E-state index is -0.734. The number of carbonyl (C=O) groups excluding carboxylic acids is 3. The Balaban J connectivity index is 1.65. The zero-order valence-corrected chi connectivity index (χ0v) is 18.3. The highest BCUT2D eigenvalue weighted by molar-refractivity contribution is 6.11. The van der Waals surface area contributed by atoms with E-state index in [0.717, 1.165) is 16.7 Å². The Morgan fingerprint density at radius 3 is 2.65 bits per heavy atom. The van der Waals surface area contributed by atoms with Crippen molar-refractivity contribution in [2.75, 3.05) is 11.9 Å². The number of fused-ring (bicyclic) bond motifs is 2. The quantitative estimate of drug-likeness (QED) is 0.712. The first kappa shape index (κ1) is 20.9. The first-order valence-corrected chi connectivity index (χ1v) is 10.7. The van der Waals surface area contributed by atoms with Crippen molar-refractivity contribution in [3.05, 3.63) is 53.1 Å². The molecule has 2 aliphatic heterocycles. The molecule has 3 N–H and O–H groups in total. The molecule has 2 atom stereocenters. The smallest absolute Gasteiger partial charge is 0.315 e. The Bertz CT molecular complexity index is 1060. The molecule has 0 aromatic heterocycles. The standard InChI is InChI=1S/C24H28N4O3/c1-13(2)25-24(31)27-20-10-11-28-21(20)22(29)26-19-9-8-16(12-18(19)23(28)30)17-7-5-6-14(3)15(17)4/h5-9,12-13,20-21H,10-11H2,1-4H3,(H,26,29)(H2,25,27,31). The minimum absolute atomic E-state index is 0.0187. The lowest BCUT2D eigenvalue weighted by molar-refractivity contribution is -0.120. The summed E-state index contributed by atoms with van der Waals surface area (Å²) in [5, 5.41) is 8.54. The van der Waals surface area contributed by atoms with Crippen LogP contribution in [0, 0.1) is 13.8 Å². The highest BCUT2D eigenvalue weighted by Crippen LogP contribution is 2.33. The molecular weight excluding hydrogens is 392 g/mol. The molecule has 31 heavy (non-hydrogen) atoms. The monoisotopic (exact) mass is 420 g/mol. The molecule has 4 rings (SSSR count). The minimum Gasteiger partial charge on any atom is -0.336 e. The number of anilines is 1. The van der Waals surface area contributed by atoms with Crippen molar-refractivity contribution in [2.24, 2.45) is 0 Å². The second-order valence-electron chi connectivity index (χ2n) is 8.61. The first-order chi connectivity index (χ1) is 14.8. The van der Waals surface area contributed by atoms with Gasteiger partial charge in [-0.3, -0.25) is 9.59 Å². The summed E-state index contributed by atoms with van der Waals surface area (Å²) in [6.45, 7) is 8.27. The van der Waals surface area contributed by atoms with Gasteiger partial charge < -0.3 is 20.9 Å². The number of hydrogen-bond donors (Lipinski definition) is 3. The van der Waals surface area contributed by atoms with E-state index in [9.17, 15) is 14.4 Å². The summed E-state index contributed by atoms with van der Waals surface area (Å²) in [5.74, 6) is -0.474. The summed E-state index contributed by atoms with van der Waals surface area (Å²) in [6.07, 6.45) is 0.529. The molecule has 4 amide bonds.